The highest BCUT2D eigenvalue weighted by Crippen LogP contribution is 2.36. The van der Waals surface area contributed by atoms with Gasteiger partial charge in [-0.25, -0.2) is 0 Å². The largest absolute Gasteiger partial charge is 0.389 e. The first-order chi connectivity index (χ1) is 10.2. The Morgan fingerprint density at radius 3 is 2.71 bits per heavy atom. The zero-order valence-electron chi connectivity index (χ0n) is 12.3. The summed E-state index contributed by atoms with van der Waals surface area (Å²) >= 11 is 5.26. The molecule has 0 amide bonds. The molecule has 0 atom stereocenters. The van der Waals surface area contributed by atoms with Gasteiger partial charge in [0, 0.05) is 17.8 Å². The van der Waals surface area contributed by atoms with Crippen LogP contribution in [0.25, 0.3) is 0 Å². The van der Waals surface area contributed by atoms with Crippen molar-refractivity contribution < 1.29 is 0 Å². The topological polar surface area (TPSA) is 29.3 Å². The fourth-order valence-corrected chi connectivity index (χ4v) is 3.30. The van der Waals surface area contributed by atoms with Crippen LogP contribution in [0.2, 0.25) is 0 Å². The highest BCUT2D eigenvalue weighted by Gasteiger charge is 2.21. The summed E-state index contributed by atoms with van der Waals surface area (Å²) in [5.74, 6) is 0. The van der Waals surface area contributed by atoms with Crippen LogP contribution in [0, 0.1) is 6.92 Å². The Morgan fingerprint density at radius 2 is 1.90 bits per heavy atom. The van der Waals surface area contributed by atoms with E-state index in [1.807, 2.05) is 12.1 Å². The molecular weight excluding hydrogens is 276 g/mol. The second-order valence-electron chi connectivity index (χ2n) is 5.57. The van der Waals surface area contributed by atoms with Crippen LogP contribution in [-0.4, -0.2) is 11.5 Å². The van der Waals surface area contributed by atoms with Crippen LogP contribution in [0.1, 0.15) is 29.5 Å². The Kier molecular flexibility index (Phi) is 3.93. The summed E-state index contributed by atoms with van der Waals surface area (Å²) in [6, 6.07) is 14.8. The first kappa shape index (κ1) is 14.1. The van der Waals surface area contributed by atoms with Crippen molar-refractivity contribution in [3.05, 3.63) is 59.2 Å². The molecule has 1 aliphatic rings. The molecule has 0 saturated carbocycles. The average molecular weight is 296 g/mol. The maximum Gasteiger partial charge on any atom is 0.106 e. The Morgan fingerprint density at radius 1 is 1.10 bits per heavy atom. The summed E-state index contributed by atoms with van der Waals surface area (Å²) in [6.45, 7) is 3.14. The van der Waals surface area contributed by atoms with E-state index in [0.29, 0.717) is 4.99 Å². The highest BCUT2D eigenvalue weighted by atomic mass is 32.1. The highest BCUT2D eigenvalue weighted by molar-refractivity contribution is 7.80. The van der Waals surface area contributed by atoms with Gasteiger partial charge >= 0.3 is 0 Å². The number of fused-ring (bicyclic) bond motifs is 1. The minimum Gasteiger partial charge on any atom is -0.389 e. The monoisotopic (exact) mass is 296 g/mol. The van der Waals surface area contributed by atoms with Crippen LogP contribution in [0.4, 0.5) is 11.4 Å². The van der Waals surface area contributed by atoms with Crippen LogP contribution >= 0.6 is 12.2 Å². The SMILES string of the molecule is Cc1cccc(C(N)=S)c1N1CCCCc2ccccc21. The number of para-hydroxylation sites is 2. The number of aryl methyl sites for hydroxylation is 2. The fraction of sp³-hybridized carbons (Fsp3) is 0.278. The van der Waals surface area contributed by atoms with Crippen molar-refractivity contribution in [3.63, 3.8) is 0 Å². The van der Waals surface area contributed by atoms with Gasteiger partial charge in [0.15, 0.2) is 0 Å². The molecule has 2 aromatic carbocycles. The lowest BCUT2D eigenvalue weighted by Crippen LogP contribution is -2.23. The maximum atomic E-state index is 5.95. The molecule has 2 aromatic rings. The summed E-state index contributed by atoms with van der Waals surface area (Å²) in [5, 5.41) is 0. The minimum absolute atomic E-state index is 0.468. The van der Waals surface area contributed by atoms with Gasteiger partial charge in [0.2, 0.25) is 0 Å². The van der Waals surface area contributed by atoms with Crippen molar-refractivity contribution in [1.29, 1.82) is 0 Å². The molecule has 0 radical (unpaired) electrons. The van der Waals surface area contributed by atoms with Gasteiger partial charge < -0.3 is 10.6 Å². The van der Waals surface area contributed by atoms with Gasteiger partial charge in [-0.15, -0.1) is 0 Å². The Balaban J connectivity index is 2.19. The van der Waals surface area contributed by atoms with Gasteiger partial charge in [-0.1, -0.05) is 42.5 Å². The summed E-state index contributed by atoms with van der Waals surface area (Å²) in [4.78, 5) is 2.86. The molecule has 3 rings (SSSR count). The van der Waals surface area contributed by atoms with E-state index in [4.69, 9.17) is 18.0 Å². The number of benzene rings is 2. The third-order valence-corrected chi connectivity index (χ3v) is 4.35. The molecule has 0 fully saturated rings. The standard InChI is InChI=1S/C18H20N2S/c1-13-7-6-10-15(18(19)21)17(13)20-12-5-4-9-14-8-2-3-11-16(14)20/h2-3,6-8,10-11H,4-5,9,12H2,1H3,(H2,19,21). The van der Waals surface area contributed by atoms with Crippen LogP contribution in [0.5, 0.6) is 0 Å². The number of hydrogen-bond donors (Lipinski definition) is 1. The molecule has 2 N–H and O–H groups in total. The zero-order valence-corrected chi connectivity index (χ0v) is 13.1. The first-order valence-electron chi connectivity index (χ1n) is 7.43. The Hall–Kier alpha value is -1.87. The summed E-state index contributed by atoms with van der Waals surface area (Å²) in [7, 11) is 0. The van der Waals surface area contributed by atoms with Crippen molar-refractivity contribution in [1.82, 2.24) is 0 Å². The third kappa shape index (κ3) is 2.66. The normalized spacial score (nSPS) is 14.4. The summed E-state index contributed by atoms with van der Waals surface area (Å²) in [6.07, 6.45) is 3.54. The minimum atomic E-state index is 0.468. The van der Waals surface area contributed by atoms with Crippen molar-refractivity contribution in [3.8, 4) is 0 Å². The second-order valence-corrected chi connectivity index (χ2v) is 6.01. The van der Waals surface area contributed by atoms with Crippen LogP contribution in [0.3, 0.4) is 0 Å². The molecule has 108 valence electrons. The van der Waals surface area contributed by atoms with Crippen molar-refractivity contribution >= 4 is 28.6 Å². The quantitative estimate of drug-likeness (QED) is 0.846. The Labute approximate surface area is 131 Å². The first-order valence-corrected chi connectivity index (χ1v) is 7.84. The third-order valence-electron chi connectivity index (χ3n) is 4.13. The summed E-state index contributed by atoms with van der Waals surface area (Å²) in [5.41, 5.74) is 12.0. The number of rotatable bonds is 2. The van der Waals surface area contributed by atoms with Crippen molar-refractivity contribution in [2.45, 2.75) is 26.2 Å². The molecule has 0 bridgehead atoms. The molecule has 1 heterocycles. The van der Waals surface area contributed by atoms with E-state index in [0.717, 1.165) is 18.5 Å². The molecule has 0 saturated heterocycles. The van der Waals surface area contributed by atoms with E-state index in [-0.39, 0.29) is 0 Å². The van der Waals surface area contributed by atoms with Gasteiger partial charge in [0.1, 0.15) is 4.99 Å². The second kappa shape index (κ2) is 5.86. The number of nitrogens with two attached hydrogens (primary N) is 1. The van der Waals surface area contributed by atoms with Crippen LogP contribution in [-0.2, 0) is 6.42 Å². The molecule has 0 aromatic heterocycles. The lowest BCUT2D eigenvalue weighted by molar-refractivity contribution is 0.760. The lowest BCUT2D eigenvalue weighted by Gasteiger charge is -2.29. The number of anilines is 2. The molecule has 0 aliphatic carbocycles. The molecule has 3 heteroatoms. The van der Waals surface area contributed by atoms with E-state index < -0.39 is 0 Å². The molecule has 1 aliphatic heterocycles. The zero-order chi connectivity index (χ0) is 14.8. The van der Waals surface area contributed by atoms with E-state index >= 15 is 0 Å². The average Bonchev–Trinajstić information content (AvgIpc) is 2.69. The molecular formula is C18H20N2S. The van der Waals surface area contributed by atoms with Gasteiger partial charge in [-0.05, 0) is 49.4 Å². The summed E-state index contributed by atoms with van der Waals surface area (Å²) < 4.78 is 0. The number of hydrogen-bond acceptors (Lipinski definition) is 2. The van der Waals surface area contributed by atoms with Gasteiger partial charge in [-0.3, -0.25) is 0 Å². The van der Waals surface area contributed by atoms with E-state index in [1.54, 1.807) is 0 Å². The maximum absolute atomic E-state index is 5.95. The predicted octanol–water partition coefficient (Wildman–Crippen LogP) is 4.10. The lowest BCUT2D eigenvalue weighted by atomic mass is 10.0. The predicted molar refractivity (Wildman–Crippen MR) is 93.5 cm³/mol. The van der Waals surface area contributed by atoms with Crippen molar-refractivity contribution in [2.75, 3.05) is 11.4 Å². The molecule has 21 heavy (non-hydrogen) atoms. The molecule has 2 nitrogen and oxygen atoms in total. The molecule has 0 unspecified atom stereocenters. The van der Waals surface area contributed by atoms with Gasteiger partial charge in [0.25, 0.3) is 0 Å². The van der Waals surface area contributed by atoms with Crippen LogP contribution < -0.4 is 10.6 Å². The fourth-order valence-electron chi connectivity index (χ4n) is 3.14. The number of thiocarbonyl (C=S) groups is 1. The smallest absolute Gasteiger partial charge is 0.106 e. The van der Waals surface area contributed by atoms with Gasteiger partial charge in [-0.2, -0.15) is 0 Å². The van der Waals surface area contributed by atoms with Crippen LogP contribution in [0.15, 0.2) is 42.5 Å². The van der Waals surface area contributed by atoms with E-state index in [1.165, 1.54) is 35.3 Å². The van der Waals surface area contributed by atoms with E-state index in [2.05, 4.69) is 42.2 Å². The van der Waals surface area contributed by atoms with Crippen molar-refractivity contribution in [2.24, 2.45) is 5.73 Å². The Bertz CT molecular complexity index is 679. The van der Waals surface area contributed by atoms with Gasteiger partial charge in [0.05, 0.1) is 5.69 Å². The van der Waals surface area contributed by atoms with E-state index in [9.17, 15) is 0 Å². The molecule has 0 spiro atoms. The number of nitrogens with zero attached hydrogens (tertiary/aromatic N) is 1.